The molecule has 0 saturated carbocycles. The fourth-order valence-electron chi connectivity index (χ4n) is 4.35. The zero-order valence-electron chi connectivity index (χ0n) is 20.6. The predicted octanol–water partition coefficient (Wildman–Crippen LogP) is 5.14. The van der Waals surface area contributed by atoms with E-state index in [4.69, 9.17) is 9.15 Å². The fraction of sp³-hybridized carbons (Fsp3) is 0.333. The van der Waals surface area contributed by atoms with Crippen molar-refractivity contribution in [3.05, 3.63) is 70.1 Å². The first-order chi connectivity index (χ1) is 16.6. The molecule has 4 heterocycles. The van der Waals surface area contributed by atoms with Gasteiger partial charge in [-0.1, -0.05) is 18.2 Å². The van der Waals surface area contributed by atoms with E-state index in [9.17, 15) is 9.59 Å². The van der Waals surface area contributed by atoms with Crippen LogP contribution in [0.2, 0.25) is 0 Å². The Kier molecular flexibility index (Phi) is 5.46. The average molecular weight is 473 g/mol. The van der Waals surface area contributed by atoms with E-state index in [1.807, 2.05) is 81.8 Å². The third kappa shape index (κ3) is 4.56. The van der Waals surface area contributed by atoms with Gasteiger partial charge < -0.3 is 18.5 Å². The summed E-state index contributed by atoms with van der Waals surface area (Å²) < 4.78 is 13.1. The van der Waals surface area contributed by atoms with Crippen molar-refractivity contribution in [1.82, 2.24) is 19.3 Å². The summed E-state index contributed by atoms with van der Waals surface area (Å²) in [5.74, 6) is 0. The molecule has 35 heavy (non-hydrogen) atoms. The molecule has 1 amide bonds. The number of hydrogen-bond acceptors (Lipinski definition) is 6. The van der Waals surface area contributed by atoms with Crippen LogP contribution in [0.15, 0.2) is 51.9 Å². The number of aryl methyl sites for hydroxylation is 2. The smallest absolute Gasteiger partial charge is 0.410 e. The van der Waals surface area contributed by atoms with Gasteiger partial charge in [-0.2, -0.15) is 0 Å². The third-order valence-electron chi connectivity index (χ3n) is 5.97. The van der Waals surface area contributed by atoms with Gasteiger partial charge in [0.2, 0.25) is 0 Å². The highest BCUT2D eigenvalue weighted by Gasteiger charge is 2.24. The molecule has 3 aromatic heterocycles. The number of carbonyl (C=O) groups is 1. The second kappa shape index (κ2) is 8.37. The summed E-state index contributed by atoms with van der Waals surface area (Å²) in [6.45, 7) is 10.5. The highest BCUT2D eigenvalue weighted by molar-refractivity contribution is 5.85. The van der Waals surface area contributed by atoms with Crippen LogP contribution in [0.25, 0.3) is 33.4 Å². The van der Waals surface area contributed by atoms with Crippen LogP contribution in [-0.2, 0) is 4.74 Å². The van der Waals surface area contributed by atoms with E-state index in [-0.39, 0.29) is 6.09 Å². The Morgan fingerprint density at radius 1 is 1.11 bits per heavy atom. The van der Waals surface area contributed by atoms with Crippen molar-refractivity contribution in [2.75, 3.05) is 13.1 Å². The molecule has 0 fully saturated rings. The minimum absolute atomic E-state index is 0.307. The first kappa shape index (κ1) is 22.8. The van der Waals surface area contributed by atoms with Crippen LogP contribution < -0.4 is 5.63 Å². The van der Waals surface area contributed by atoms with Crippen molar-refractivity contribution in [3.63, 3.8) is 0 Å². The SMILES string of the molecule is Cc1cn2cc(-c3cc4ccc(C5=CCN(C(=O)OC(C)(C)C)CC5)cc4oc3=O)nc2c(C)n1. The molecule has 5 rings (SSSR count). The molecule has 0 aliphatic carbocycles. The number of imidazole rings is 1. The van der Waals surface area contributed by atoms with Crippen LogP contribution >= 0.6 is 0 Å². The standard InChI is InChI=1S/C27H28N4O4/c1-16-14-31-15-22(29-24(31)17(2)28-16)21-12-20-7-6-19(13-23(20)34-25(21)32)18-8-10-30(11-9-18)26(33)35-27(3,4)5/h6-8,12-15H,9-11H2,1-5H3. The molecule has 0 bridgehead atoms. The maximum Gasteiger partial charge on any atom is 0.410 e. The van der Waals surface area contributed by atoms with E-state index in [2.05, 4.69) is 9.97 Å². The molecule has 0 radical (unpaired) electrons. The quantitative estimate of drug-likeness (QED) is 0.375. The molecule has 8 heteroatoms. The van der Waals surface area contributed by atoms with Gasteiger partial charge in [-0.3, -0.25) is 4.98 Å². The van der Waals surface area contributed by atoms with E-state index in [1.54, 1.807) is 4.90 Å². The van der Waals surface area contributed by atoms with Crippen LogP contribution in [0, 0.1) is 13.8 Å². The van der Waals surface area contributed by atoms with E-state index in [0.717, 1.165) is 27.9 Å². The van der Waals surface area contributed by atoms with Gasteiger partial charge in [0, 0.05) is 30.9 Å². The van der Waals surface area contributed by atoms with E-state index < -0.39 is 11.2 Å². The summed E-state index contributed by atoms with van der Waals surface area (Å²) in [5, 5.41) is 0.818. The molecule has 0 atom stereocenters. The lowest BCUT2D eigenvalue weighted by atomic mass is 9.98. The molecule has 0 saturated heterocycles. The zero-order chi connectivity index (χ0) is 24.9. The van der Waals surface area contributed by atoms with Gasteiger partial charge in [-0.15, -0.1) is 0 Å². The highest BCUT2D eigenvalue weighted by Crippen LogP contribution is 2.28. The maximum atomic E-state index is 12.9. The molecule has 0 unspecified atom stereocenters. The Morgan fingerprint density at radius 2 is 1.91 bits per heavy atom. The van der Waals surface area contributed by atoms with Crippen molar-refractivity contribution in [2.45, 2.75) is 46.6 Å². The molecule has 8 nitrogen and oxygen atoms in total. The Bertz CT molecular complexity index is 1560. The van der Waals surface area contributed by atoms with Crippen LogP contribution in [0.4, 0.5) is 4.79 Å². The number of hydrogen-bond donors (Lipinski definition) is 0. The van der Waals surface area contributed by atoms with E-state index >= 15 is 0 Å². The van der Waals surface area contributed by atoms with Gasteiger partial charge in [0.05, 0.1) is 22.6 Å². The molecule has 4 aromatic rings. The van der Waals surface area contributed by atoms with Crippen molar-refractivity contribution < 1.29 is 13.9 Å². The van der Waals surface area contributed by atoms with Gasteiger partial charge in [-0.25, -0.2) is 14.6 Å². The van der Waals surface area contributed by atoms with Crippen LogP contribution in [0.5, 0.6) is 0 Å². The lowest BCUT2D eigenvalue weighted by Crippen LogP contribution is -2.39. The maximum absolute atomic E-state index is 12.9. The zero-order valence-corrected chi connectivity index (χ0v) is 20.6. The van der Waals surface area contributed by atoms with Crippen LogP contribution in [-0.4, -0.2) is 44.1 Å². The molecule has 1 aliphatic rings. The van der Waals surface area contributed by atoms with Gasteiger partial charge >= 0.3 is 11.7 Å². The summed E-state index contributed by atoms with van der Waals surface area (Å²) >= 11 is 0. The molecular formula is C27H28N4O4. The minimum atomic E-state index is -0.520. The normalized spacial score (nSPS) is 14.4. The second-order valence-corrected chi connectivity index (χ2v) is 9.93. The van der Waals surface area contributed by atoms with Gasteiger partial charge in [0.1, 0.15) is 11.2 Å². The molecule has 180 valence electrons. The average Bonchev–Trinajstić information content (AvgIpc) is 3.21. The van der Waals surface area contributed by atoms with Crippen molar-refractivity contribution in [1.29, 1.82) is 0 Å². The first-order valence-corrected chi connectivity index (χ1v) is 11.7. The second-order valence-electron chi connectivity index (χ2n) is 9.93. The first-order valence-electron chi connectivity index (χ1n) is 11.7. The highest BCUT2D eigenvalue weighted by atomic mass is 16.6. The fourth-order valence-corrected chi connectivity index (χ4v) is 4.35. The molecule has 0 spiro atoms. The predicted molar refractivity (Wildman–Crippen MR) is 134 cm³/mol. The van der Waals surface area contributed by atoms with Crippen LogP contribution in [0.3, 0.4) is 0 Å². The molecular weight excluding hydrogens is 444 g/mol. The van der Waals surface area contributed by atoms with Gasteiger partial charge in [0.15, 0.2) is 5.65 Å². The Balaban J connectivity index is 1.43. The summed E-state index contributed by atoms with van der Waals surface area (Å²) in [6, 6.07) is 7.67. The number of amides is 1. The number of fused-ring (bicyclic) bond motifs is 2. The van der Waals surface area contributed by atoms with Crippen LogP contribution in [0.1, 0.15) is 44.1 Å². The number of ether oxygens (including phenoxy) is 1. The lowest BCUT2D eigenvalue weighted by molar-refractivity contribution is 0.0270. The van der Waals surface area contributed by atoms with Crippen molar-refractivity contribution in [2.24, 2.45) is 0 Å². The summed E-state index contributed by atoms with van der Waals surface area (Å²) in [6.07, 6.45) is 6.12. The number of aromatic nitrogens is 3. The molecule has 1 aromatic carbocycles. The number of carbonyl (C=O) groups excluding carboxylic acids is 1. The van der Waals surface area contributed by atoms with Crippen molar-refractivity contribution in [3.8, 4) is 11.3 Å². The summed E-state index contributed by atoms with van der Waals surface area (Å²) in [7, 11) is 0. The summed E-state index contributed by atoms with van der Waals surface area (Å²) in [5.41, 5.74) is 5.00. The Hall–Kier alpha value is -3.94. The molecule has 1 aliphatic heterocycles. The third-order valence-corrected chi connectivity index (χ3v) is 5.97. The van der Waals surface area contributed by atoms with E-state index in [0.29, 0.717) is 42.0 Å². The van der Waals surface area contributed by atoms with Gasteiger partial charge in [-0.05, 0) is 64.3 Å². The van der Waals surface area contributed by atoms with E-state index in [1.165, 1.54) is 0 Å². The van der Waals surface area contributed by atoms with Gasteiger partial charge in [0.25, 0.3) is 0 Å². The number of nitrogens with zero attached hydrogens (tertiary/aromatic N) is 4. The molecule has 0 N–H and O–H groups in total. The number of rotatable bonds is 2. The lowest BCUT2D eigenvalue weighted by Gasteiger charge is -2.29. The minimum Gasteiger partial charge on any atom is -0.444 e. The largest absolute Gasteiger partial charge is 0.444 e. The monoisotopic (exact) mass is 472 g/mol. The Morgan fingerprint density at radius 3 is 2.63 bits per heavy atom. The Labute approximate surface area is 202 Å². The number of benzene rings is 1. The van der Waals surface area contributed by atoms with Crippen molar-refractivity contribution >= 4 is 28.3 Å². The summed E-state index contributed by atoms with van der Waals surface area (Å²) in [4.78, 5) is 36.0. The topological polar surface area (TPSA) is 89.9 Å².